The van der Waals surface area contributed by atoms with E-state index in [2.05, 4.69) is 39.9 Å². The van der Waals surface area contributed by atoms with Crippen LogP contribution in [0.3, 0.4) is 0 Å². The third kappa shape index (κ3) is 1.81. The Hall–Kier alpha value is -1.59. The fourth-order valence-electron chi connectivity index (χ4n) is 2.41. The van der Waals surface area contributed by atoms with Crippen LogP contribution < -0.4 is 0 Å². The maximum absolute atomic E-state index is 4.41. The van der Waals surface area contributed by atoms with E-state index in [-0.39, 0.29) is 0 Å². The van der Waals surface area contributed by atoms with Crippen LogP contribution in [0.4, 0.5) is 0 Å². The van der Waals surface area contributed by atoms with Gasteiger partial charge in [0.25, 0.3) is 0 Å². The van der Waals surface area contributed by atoms with E-state index >= 15 is 0 Å². The molecule has 100 valence electrons. The van der Waals surface area contributed by atoms with E-state index in [1.54, 1.807) is 0 Å². The van der Waals surface area contributed by atoms with Gasteiger partial charge in [-0.1, -0.05) is 37.3 Å². The summed E-state index contributed by atoms with van der Waals surface area (Å²) in [6.45, 7) is 2.20. The van der Waals surface area contributed by atoms with Crippen molar-refractivity contribution in [3.05, 3.63) is 47.1 Å². The van der Waals surface area contributed by atoms with Crippen molar-refractivity contribution in [3.8, 4) is 17.1 Å². The van der Waals surface area contributed by atoms with E-state index < -0.39 is 0 Å². The average Bonchev–Trinajstić information content (AvgIpc) is 3.11. The molecule has 0 bridgehead atoms. The van der Waals surface area contributed by atoms with E-state index in [1.807, 2.05) is 41.3 Å². The number of thiophene rings is 1. The largest absolute Gasteiger partial charge is 0.276 e. The highest BCUT2D eigenvalue weighted by atomic mass is 32.2. The molecule has 0 radical (unpaired) electrons. The van der Waals surface area contributed by atoms with E-state index in [0.29, 0.717) is 0 Å². The zero-order valence-corrected chi connectivity index (χ0v) is 12.7. The van der Waals surface area contributed by atoms with Crippen LogP contribution in [0.2, 0.25) is 0 Å². The normalized spacial score (nSPS) is 13.1. The second-order valence-electron chi connectivity index (χ2n) is 4.67. The SMILES string of the molecule is CCc1cc2c(s1)SCc1nnc(-c3ccccc3)n1-2. The van der Waals surface area contributed by atoms with Crippen molar-refractivity contribution < 1.29 is 0 Å². The third-order valence-electron chi connectivity index (χ3n) is 3.41. The van der Waals surface area contributed by atoms with Crippen LogP contribution in [0.15, 0.2) is 40.6 Å². The molecule has 0 saturated heterocycles. The predicted octanol–water partition coefficient (Wildman–Crippen LogP) is 4.16. The van der Waals surface area contributed by atoms with E-state index in [1.165, 1.54) is 14.8 Å². The van der Waals surface area contributed by atoms with Gasteiger partial charge in [0.15, 0.2) is 5.82 Å². The van der Waals surface area contributed by atoms with Crippen molar-refractivity contribution in [2.45, 2.75) is 23.3 Å². The first-order valence-corrected chi connectivity index (χ1v) is 8.42. The molecule has 1 aliphatic rings. The van der Waals surface area contributed by atoms with Gasteiger partial charge >= 0.3 is 0 Å². The molecule has 0 unspecified atom stereocenters. The summed E-state index contributed by atoms with van der Waals surface area (Å²) in [6.07, 6.45) is 1.08. The van der Waals surface area contributed by atoms with Gasteiger partial charge in [0.2, 0.25) is 0 Å². The van der Waals surface area contributed by atoms with Crippen molar-refractivity contribution in [2.24, 2.45) is 0 Å². The molecule has 0 fully saturated rings. The first kappa shape index (κ1) is 12.2. The van der Waals surface area contributed by atoms with Crippen molar-refractivity contribution in [1.29, 1.82) is 0 Å². The van der Waals surface area contributed by atoms with Crippen LogP contribution >= 0.6 is 23.1 Å². The highest BCUT2D eigenvalue weighted by molar-refractivity contribution is 8.00. The number of nitrogens with zero attached hydrogens (tertiary/aromatic N) is 3. The Bertz CT molecular complexity index is 759. The molecule has 0 spiro atoms. The topological polar surface area (TPSA) is 30.7 Å². The van der Waals surface area contributed by atoms with Crippen LogP contribution in [0.5, 0.6) is 0 Å². The van der Waals surface area contributed by atoms with Gasteiger partial charge in [-0.25, -0.2) is 0 Å². The van der Waals surface area contributed by atoms with Crippen LogP contribution in [0.25, 0.3) is 17.1 Å². The zero-order valence-electron chi connectivity index (χ0n) is 11.0. The standard InChI is InChI=1S/C15H13N3S2/c1-2-11-8-12-15(20-11)19-9-13-16-17-14(18(12)13)10-6-4-3-5-7-10/h3-8H,2,9H2,1H3. The number of hydrogen-bond acceptors (Lipinski definition) is 4. The maximum atomic E-state index is 4.41. The lowest BCUT2D eigenvalue weighted by Gasteiger charge is -2.15. The lowest BCUT2D eigenvalue weighted by molar-refractivity contribution is 0.934. The molecule has 0 atom stereocenters. The average molecular weight is 299 g/mol. The molecule has 2 aromatic heterocycles. The molecular weight excluding hydrogens is 286 g/mol. The molecule has 3 aromatic rings. The van der Waals surface area contributed by atoms with Gasteiger partial charge in [-0.15, -0.1) is 33.3 Å². The van der Waals surface area contributed by atoms with Gasteiger partial charge in [-0.05, 0) is 12.5 Å². The molecule has 0 N–H and O–H groups in total. The molecule has 0 aliphatic carbocycles. The second-order valence-corrected chi connectivity index (χ2v) is 7.05. The predicted molar refractivity (Wildman–Crippen MR) is 83.6 cm³/mol. The molecule has 1 aromatic carbocycles. The van der Waals surface area contributed by atoms with E-state index in [9.17, 15) is 0 Å². The van der Waals surface area contributed by atoms with Gasteiger partial charge in [-0.2, -0.15) is 0 Å². The quantitative estimate of drug-likeness (QED) is 0.712. The summed E-state index contributed by atoms with van der Waals surface area (Å²) in [5.41, 5.74) is 2.37. The Morgan fingerprint density at radius 1 is 1.20 bits per heavy atom. The molecule has 3 nitrogen and oxygen atoms in total. The molecule has 4 rings (SSSR count). The summed E-state index contributed by atoms with van der Waals surface area (Å²) in [7, 11) is 0. The number of rotatable bonds is 2. The highest BCUT2D eigenvalue weighted by Crippen LogP contribution is 2.42. The number of aromatic nitrogens is 3. The third-order valence-corrected chi connectivity index (χ3v) is 5.96. The summed E-state index contributed by atoms with van der Waals surface area (Å²) in [5, 5.41) is 8.77. The molecule has 0 saturated carbocycles. The van der Waals surface area contributed by atoms with Crippen LogP contribution in [-0.4, -0.2) is 14.8 Å². The Morgan fingerprint density at radius 2 is 2.05 bits per heavy atom. The van der Waals surface area contributed by atoms with Crippen molar-refractivity contribution in [2.75, 3.05) is 0 Å². The zero-order chi connectivity index (χ0) is 13.5. The Balaban J connectivity index is 1.93. The number of aryl methyl sites for hydroxylation is 1. The smallest absolute Gasteiger partial charge is 0.168 e. The fourth-order valence-corrected chi connectivity index (χ4v) is 4.70. The fraction of sp³-hybridized carbons (Fsp3) is 0.200. The summed E-state index contributed by atoms with van der Waals surface area (Å²) >= 11 is 3.76. The number of thioether (sulfide) groups is 1. The molecule has 0 amide bonds. The van der Waals surface area contributed by atoms with Gasteiger partial charge in [-0.3, -0.25) is 4.57 Å². The lowest BCUT2D eigenvalue weighted by Crippen LogP contribution is -2.05. The molecule has 20 heavy (non-hydrogen) atoms. The first-order chi connectivity index (χ1) is 9.86. The lowest BCUT2D eigenvalue weighted by atomic mass is 10.2. The first-order valence-electron chi connectivity index (χ1n) is 6.62. The van der Waals surface area contributed by atoms with Crippen molar-refractivity contribution in [3.63, 3.8) is 0 Å². The minimum Gasteiger partial charge on any atom is -0.276 e. The van der Waals surface area contributed by atoms with Gasteiger partial charge in [0.05, 0.1) is 15.6 Å². The van der Waals surface area contributed by atoms with Gasteiger partial charge < -0.3 is 0 Å². The molecule has 3 heterocycles. The van der Waals surface area contributed by atoms with E-state index in [4.69, 9.17) is 0 Å². The van der Waals surface area contributed by atoms with Crippen LogP contribution in [0, 0.1) is 0 Å². The Kier molecular flexibility index (Phi) is 2.89. The van der Waals surface area contributed by atoms with Crippen LogP contribution in [0.1, 0.15) is 17.6 Å². The summed E-state index contributed by atoms with van der Waals surface area (Å²) in [4.78, 5) is 1.42. The second kappa shape index (κ2) is 4.75. The number of hydrogen-bond donors (Lipinski definition) is 0. The minimum atomic E-state index is 0.899. The maximum Gasteiger partial charge on any atom is 0.168 e. The Labute approximate surface area is 125 Å². The summed E-state index contributed by atoms with van der Waals surface area (Å²) in [6, 6.07) is 12.6. The van der Waals surface area contributed by atoms with Gasteiger partial charge in [0.1, 0.15) is 5.82 Å². The summed E-state index contributed by atoms with van der Waals surface area (Å²) in [5.74, 6) is 2.89. The summed E-state index contributed by atoms with van der Waals surface area (Å²) < 4.78 is 3.60. The highest BCUT2D eigenvalue weighted by Gasteiger charge is 2.24. The monoisotopic (exact) mass is 299 g/mol. The van der Waals surface area contributed by atoms with Crippen molar-refractivity contribution in [1.82, 2.24) is 14.8 Å². The minimum absolute atomic E-state index is 0.899. The molecular formula is C15H13N3S2. The van der Waals surface area contributed by atoms with Gasteiger partial charge in [0, 0.05) is 10.4 Å². The molecule has 1 aliphatic heterocycles. The van der Waals surface area contributed by atoms with Crippen molar-refractivity contribution >= 4 is 23.1 Å². The Morgan fingerprint density at radius 3 is 2.85 bits per heavy atom. The number of benzene rings is 1. The van der Waals surface area contributed by atoms with Crippen LogP contribution in [-0.2, 0) is 12.2 Å². The number of fused-ring (bicyclic) bond motifs is 3. The van der Waals surface area contributed by atoms with E-state index in [0.717, 1.165) is 29.4 Å². The molecule has 5 heteroatoms.